The quantitative estimate of drug-likeness (QED) is 0.206. The Hall–Kier alpha value is -6.27. The number of hydrogen-bond acceptors (Lipinski definition) is 3. The summed E-state index contributed by atoms with van der Waals surface area (Å²) < 4.78 is 6.35. The number of para-hydroxylation sites is 3. The molecule has 1 aliphatic carbocycles. The van der Waals surface area contributed by atoms with E-state index in [1.54, 1.807) is 0 Å². The van der Waals surface area contributed by atoms with Crippen LogP contribution in [0.15, 0.2) is 146 Å². The highest BCUT2D eigenvalue weighted by molar-refractivity contribution is 6.03. The smallest absolute Gasteiger partial charge is 0.235 e. The van der Waals surface area contributed by atoms with Crippen molar-refractivity contribution in [3.05, 3.63) is 146 Å². The number of hydrogen-bond donors (Lipinski definition) is 0. The van der Waals surface area contributed by atoms with Gasteiger partial charge in [0.15, 0.2) is 5.65 Å². The van der Waals surface area contributed by atoms with Crippen molar-refractivity contribution in [3.63, 3.8) is 0 Å². The summed E-state index contributed by atoms with van der Waals surface area (Å²) in [6.07, 6.45) is 6.28. The molecule has 1 aliphatic rings. The maximum absolute atomic E-state index is 5.24. The molecule has 0 spiro atoms. The highest BCUT2D eigenvalue weighted by atomic mass is 15.3. The van der Waals surface area contributed by atoms with E-state index in [0.29, 0.717) is 5.95 Å². The summed E-state index contributed by atoms with van der Waals surface area (Å²) in [7, 11) is 0. The molecule has 0 fully saturated rings. The number of aromatic nitrogens is 6. The molecule has 0 radical (unpaired) electrons. The Labute approximate surface area is 258 Å². The second kappa shape index (κ2) is 9.11. The lowest BCUT2D eigenvalue weighted by Crippen LogP contribution is -2.00. The Bertz CT molecular complexity index is 2520. The molecule has 0 amide bonds. The number of rotatable bonds is 2. The predicted molar refractivity (Wildman–Crippen MR) is 180 cm³/mol. The Balaban J connectivity index is 1.25. The van der Waals surface area contributed by atoms with Gasteiger partial charge < -0.3 is 0 Å². The first-order chi connectivity index (χ1) is 22.3. The van der Waals surface area contributed by atoms with E-state index in [0.717, 1.165) is 44.8 Å². The Morgan fingerprint density at radius 3 is 1.56 bits per heavy atom. The third-order valence-electron chi connectivity index (χ3n) is 8.95. The normalized spacial score (nSPS) is 12.0. The lowest BCUT2D eigenvalue weighted by Gasteiger charge is -2.20. The highest BCUT2D eigenvalue weighted by Gasteiger charge is 2.24. The first-order valence-electron chi connectivity index (χ1n) is 15.0. The summed E-state index contributed by atoms with van der Waals surface area (Å²) in [6, 6.07) is 44.5. The van der Waals surface area contributed by atoms with Crippen molar-refractivity contribution < 1.29 is 0 Å². The number of benzene rings is 5. The van der Waals surface area contributed by atoms with Gasteiger partial charge in [0.2, 0.25) is 11.7 Å². The van der Waals surface area contributed by atoms with Crippen LogP contribution in [0.3, 0.4) is 0 Å². The van der Waals surface area contributed by atoms with Crippen molar-refractivity contribution in [3.8, 4) is 56.1 Å². The summed E-state index contributed by atoms with van der Waals surface area (Å²) in [6.45, 7) is 0. The van der Waals surface area contributed by atoms with Crippen molar-refractivity contribution in [1.82, 2.24) is 28.5 Å². The van der Waals surface area contributed by atoms with E-state index in [9.17, 15) is 0 Å². The van der Waals surface area contributed by atoms with E-state index in [1.807, 2.05) is 42.6 Å². The fraction of sp³-hybridized carbons (Fsp3) is 0. The van der Waals surface area contributed by atoms with Crippen molar-refractivity contribution in [2.45, 2.75) is 0 Å². The van der Waals surface area contributed by atoms with Gasteiger partial charge in [0.25, 0.3) is 0 Å². The molecule has 5 aromatic carbocycles. The molecule has 0 saturated carbocycles. The van der Waals surface area contributed by atoms with Crippen molar-refractivity contribution in [1.29, 1.82) is 0 Å². The van der Waals surface area contributed by atoms with Crippen LogP contribution in [0, 0.1) is 0 Å². The summed E-state index contributed by atoms with van der Waals surface area (Å²) >= 11 is 0. The topological polar surface area (TPSA) is 52.9 Å². The molecule has 4 aromatic heterocycles. The minimum Gasteiger partial charge on any atom is -0.291 e. The second-order valence-electron chi connectivity index (χ2n) is 11.4. The largest absolute Gasteiger partial charge is 0.291 e. The third-order valence-corrected chi connectivity index (χ3v) is 8.95. The van der Waals surface area contributed by atoms with Gasteiger partial charge in [-0.15, -0.1) is 0 Å². The summed E-state index contributed by atoms with van der Waals surface area (Å²) in [4.78, 5) is 15.2. The van der Waals surface area contributed by atoms with Gasteiger partial charge in [-0.2, -0.15) is 4.98 Å². The molecule has 0 bridgehead atoms. The fourth-order valence-corrected chi connectivity index (χ4v) is 6.97. The monoisotopic (exact) mass is 576 g/mol. The molecule has 9 aromatic rings. The van der Waals surface area contributed by atoms with Crippen LogP contribution >= 0.6 is 0 Å². The number of fused-ring (bicyclic) bond motifs is 13. The van der Waals surface area contributed by atoms with Crippen LogP contribution in [0.2, 0.25) is 0 Å². The standard InChI is InChI=1S/C39H24N6/c1-2-12-25(13-3-1)44-36-22-40-38(42-37(36)45-35-21-11-10-20-34(35)41-39(44)45)43-23-32-30-18-8-6-16-28(30)26-14-4-5-15-27(26)29-17-7-9-19-31(29)33(32)24-43/h1-24H. The zero-order valence-corrected chi connectivity index (χ0v) is 24.0. The maximum atomic E-state index is 5.24. The molecule has 0 aliphatic heterocycles. The third kappa shape index (κ3) is 3.42. The zero-order chi connectivity index (χ0) is 29.5. The van der Waals surface area contributed by atoms with Crippen molar-refractivity contribution >= 4 is 28.0 Å². The molecule has 0 N–H and O–H groups in total. The number of imidazole rings is 2. The molecule has 210 valence electrons. The highest BCUT2D eigenvalue weighted by Crippen LogP contribution is 2.48. The summed E-state index contributed by atoms with van der Waals surface area (Å²) in [5.41, 5.74) is 14.2. The predicted octanol–water partition coefficient (Wildman–Crippen LogP) is 8.99. The van der Waals surface area contributed by atoms with Crippen LogP contribution in [-0.2, 0) is 0 Å². The van der Waals surface area contributed by atoms with Crippen LogP contribution in [0.1, 0.15) is 0 Å². The van der Waals surface area contributed by atoms with Crippen LogP contribution in [0.25, 0.3) is 84.1 Å². The van der Waals surface area contributed by atoms with Crippen LogP contribution < -0.4 is 0 Å². The molecule has 10 rings (SSSR count). The van der Waals surface area contributed by atoms with Gasteiger partial charge in [0.05, 0.1) is 17.2 Å². The molecule has 0 atom stereocenters. The molecule has 0 unspecified atom stereocenters. The average molecular weight is 577 g/mol. The van der Waals surface area contributed by atoms with Gasteiger partial charge in [0.1, 0.15) is 5.52 Å². The molecule has 6 nitrogen and oxygen atoms in total. The first-order valence-corrected chi connectivity index (χ1v) is 15.0. The lowest BCUT2D eigenvalue weighted by molar-refractivity contribution is 0.945. The van der Waals surface area contributed by atoms with Crippen LogP contribution in [-0.4, -0.2) is 28.5 Å². The summed E-state index contributed by atoms with van der Waals surface area (Å²) in [5.74, 6) is 1.41. The van der Waals surface area contributed by atoms with E-state index in [1.165, 1.54) is 33.4 Å². The van der Waals surface area contributed by atoms with E-state index in [2.05, 4.69) is 117 Å². The Kier molecular flexibility index (Phi) is 4.90. The van der Waals surface area contributed by atoms with E-state index in [-0.39, 0.29) is 0 Å². The van der Waals surface area contributed by atoms with Crippen LogP contribution in [0.5, 0.6) is 0 Å². The number of nitrogens with zero attached hydrogens (tertiary/aromatic N) is 6. The van der Waals surface area contributed by atoms with E-state index < -0.39 is 0 Å². The SMILES string of the molecule is c1ccc(-n2c3cnc(-n4cc5c(c4)-c4ccccc4-c4ccccc4-c4ccccc4-5)nc3n3c4ccccc4nc23)cc1. The maximum Gasteiger partial charge on any atom is 0.235 e. The first kappa shape index (κ1) is 24.2. The fourth-order valence-electron chi connectivity index (χ4n) is 6.97. The van der Waals surface area contributed by atoms with Gasteiger partial charge in [-0.1, -0.05) is 103 Å². The average Bonchev–Trinajstić information content (AvgIpc) is 3.79. The Morgan fingerprint density at radius 2 is 0.956 bits per heavy atom. The molecule has 4 heterocycles. The summed E-state index contributed by atoms with van der Waals surface area (Å²) in [5, 5.41) is 0. The molecular weight excluding hydrogens is 552 g/mol. The van der Waals surface area contributed by atoms with E-state index in [4.69, 9.17) is 15.0 Å². The van der Waals surface area contributed by atoms with Crippen molar-refractivity contribution in [2.24, 2.45) is 0 Å². The van der Waals surface area contributed by atoms with E-state index >= 15 is 0 Å². The van der Waals surface area contributed by atoms with Crippen LogP contribution in [0.4, 0.5) is 0 Å². The van der Waals surface area contributed by atoms with Crippen molar-refractivity contribution in [2.75, 3.05) is 0 Å². The molecule has 6 heteroatoms. The van der Waals surface area contributed by atoms with Gasteiger partial charge in [0, 0.05) is 29.2 Å². The van der Waals surface area contributed by atoms with Gasteiger partial charge >= 0.3 is 0 Å². The van der Waals surface area contributed by atoms with Gasteiger partial charge in [-0.3, -0.25) is 13.5 Å². The molecule has 45 heavy (non-hydrogen) atoms. The second-order valence-corrected chi connectivity index (χ2v) is 11.4. The molecule has 0 saturated heterocycles. The molecular formula is C39H24N6. The zero-order valence-electron chi connectivity index (χ0n) is 24.0. The van der Waals surface area contributed by atoms with Gasteiger partial charge in [-0.05, 0) is 57.6 Å². The minimum atomic E-state index is 0.603. The lowest BCUT2D eigenvalue weighted by atomic mass is 9.82. The Morgan fingerprint density at radius 1 is 0.444 bits per heavy atom. The minimum absolute atomic E-state index is 0.603. The van der Waals surface area contributed by atoms with Gasteiger partial charge in [-0.25, -0.2) is 9.97 Å².